The van der Waals surface area contributed by atoms with E-state index in [9.17, 15) is 27.5 Å². The van der Waals surface area contributed by atoms with Gasteiger partial charge < -0.3 is 15.2 Å². The van der Waals surface area contributed by atoms with E-state index in [1.165, 1.54) is 18.7 Å². The summed E-state index contributed by atoms with van der Waals surface area (Å²) in [7, 11) is 1.48. The van der Waals surface area contributed by atoms with Gasteiger partial charge in [0.1, 0.15) is 17.7 Å². The van der Waals surface area contributed by atoms with E-state index in [0.717, 1.165) is 19.1 Å². The number of aromatic nitrogens is 3. The number of alkyl halides is 3. The number of amides is 1. The number of nitrogens with one attached hydrogen (secondary N) is 1. The van der Waals surface area contributed by atoms with Crippen LogP contribution < -0.4 is 10.1 Å². The van der Waals surface area contributed by atoms with Crippen molar-refractivity contribution >= 4 is 11.6 Å². The zero-order valence-electron chi connectivity index (χ0n) is 18.2. The Balaban J connectivity index is 2.08. The lowest BCUT2D eigenvalue weighted by molar-refractivity contribution is -0.189. The van der Waals surface area contributed by atoms with Crippen molar-refractivity contribution in [3.63, 3.8) is 0 Å². The van der Waals surface area contributed by atoms with Crippen LogP contribution in [-0.2, 0) is 7.05 Å². The predicted molar refractivity (Wildman–Crippen MR) is 112 cm³/mol. The molecule has 1 heterocycles. The average Bonchev–Trinajstić information content (AvgIpc) is 3.11. The first kappa shape index (κ1) is 24.2. The molecule has 1 amide bonds. The molecule has 3 aromatic rings. The number of aryl methyl sites for hydroxylation is 2. The van der Waals surface area contributed by atoms with E-state index in [-0.39, 0.29) is 17.2 Å². The summed E-state index contributed by atoms with van der Waals surface area (Å²) < 4.78 is 60.7. The third-order valence-electron chi connectivity index (χ3n) is 4.88. The highest BCUT2D eigenvalue weighted by molar-refractivity contribution is 6.07. The Morgan fingerprint density at radius 3 is 2.45 bits per heavy atom. The highest BCUT2D eigenvalue weighted by Gasteiger charge is 2.39. The van der Waals surface area contributed by atoms with Gasteiger partial charge >= 0.3 is 6.18 Å². The Hall–Kier alpha value is -3.47. The quantitative estimate of drug-likeness (QED) is 0.520. The van der Waals surface area contributed by atoms with Crippen LogP contribution in [-0.4, -0.2) is 38.1 Å². The second-order valence-electron chi connectivity index (χ2n) is 7.49. The van der Waals surface area contributed by atoms with Gasteiger partial charge in [-0.15, -0.1) is 0 Å². The lowest BCUT2D eigenvalue weighted by Crippen LogP contribution is -2.32. The number of rotatable bonds is 6. The zero-order chi connectivity index (χ0) is 24.5. The Morgan fingerprint density at radius 1 is 1.21 bits per heavy atom. The summed E-state index contributed by atoms with van der Waals surface area (Å²) in [6, 6.07) is 8.48. The van der Waals surface area contributed by atoms with Crippen LogP contribution in [0.4, 0.5) is 23.2 Å². The summed E-state index contributed by atoms with van der Waals surface area (Å²) in [6.45, 7) is 3.94. The lowest BCUT2D eigenvalue weighted by atomic mass is 10.1. The van der Waals surface area contributed by atoms with Gasteiger partial charge in [0, 0.05) is 12.7 Å². The maximum Gasteiger partial charge on any atom is 0.425 e. The minimum absolute atomic E-state index is 0.122. The summed E-state index contributed by atoms with van der Waals surface area (Å²) in [6.07, 6.45) is -8.01. The fourth-order valence-corrected chi connectivity index (χ4v) is 3.03. The molecule has 33 heavy (non-hydrogen) atoms. The number of hydrogen-bond donors (Lipinski definition) is 2. The van der Waals surface area contributed by atoms with E-state index in [1.54, 1.807) is 31.2 Å². The van der Waals surface area contributed by atoms with Crippen molar-refractivity contribution in [3.05, 3.63) is 59.2 Å². The number of aliphatic hydroxyl groups is 1. The van der Waals surface area contributed by atoms with Crippen LogP contribution in [0.25, 0.3) is 11.4 Å². The molecule has 7 nitrogen and oxygen atoms in total. The second kappa shape index (κ2) is 9.18. The minimum atomic E-state index is -4.72. The number of para-hydroxylation sites is 1. The van der Waals surface area contributed by atoms with E-state index < -0.39 is 41.4 Å². The van der Waals surface area contributed by atoms with E-state index in [0.29, 0.717) is 11.3 Å². The molecule has 2 N–H and O–H groups in total. The van der Waals surface area contributed by atoms with Gasteiger partial charge in [-0.1, -0.05) is 18.2 Å². The number of hydrogen-bond acceptors (Lipinski definition) is 5. The van der Waals surface area contributed by atoms with Crippen LogP contribution in [0, 0.1) is 12.7 Å². The molecule has 1 unspecified atom stereocenters. The van der Waals surface area contributed by atoms with Gasteiger partial charge in [0.25, 0.3) is 5.91 Å². The predicted octanol–water partition coefficient (Wildman–Crippen LogP) is 4.56. The number of halogens is 4. The van der Waals surface area contributed by atoms with Crippen molar-refractivity contribution in [2.45, 2.75) is 39.2 Å². The molecule has 0 fully saturated rings. The van der Waals surface area contributed by atoms with Crippen LogP contribution in [0.5, 0.6) is 5.75 Å². The Morgan fingerprint density at radius 2 is 1.88 bits per heavy atom. The monoisotopic (exact) mass is 466 g/mol. The van der Waals surface area contributed by atoms with Crippen LogP contribution in [0.15, 0.2) is 36.4 Å². The van der Waals surface area contributed by atoms with E-state index in [4.69, 9.17) is 4.74 Å². The van der Waals surface area contributed by atoms with Crippen molar-refractivity contribution < 1.29 is 32.2 Å². The molecule has 0 bridgehead atoms. The van der Waals surface area contributed by atoms with Gasteiger partial charge in [-0.25, -0.2) is 9.37 Å². The smallest absolute Gasteiger partial charge is 0.425 e. The molecular formula is C22H22F4N4O3. The molecule has 0 saturated carbocycles. The first-order valence-electron chi connectivity index (χ1n) is 9.91. The maximum absolute atomic E-state index is 15.0. The van der Waals surface area contributed by atoms with Gasteiger partial charge in [0.2, 0.25) is 0 Å². The molecule has 2 aromatic carbocycles. The first-order valence-corrected chi connectivity index (χ1v) is 9.91. The fraction of sp³-hybridized carbons (Fsp3) is 0.318. The van der Waals surface area contributed by atoms with Crippen LogP contribution in [0.1, 0.15) is 41.7 Å². The standard InChI is InChI=1S/C22H22F4N4O3/c1-11-7-5-6-8-17(11)27-21(32)15-9-16(23)14(10-18(15)33-13(3)22(24,25)26)19-28-20(12(2)31)30(4)29-19/h5-10,12-13,31H,1-4H3,(H,27,32)/t12?,13-/m0/s1. The molecule has 176 valence electrons. The number of anilines is 1. The number of ether oxygens (including phenoxy) is 1. The van der Waals surface area contributed by atoms with Crippen molar-refractivity contribution in [2.24, 2.45) is 7.05 Å². The molecule has 0 spiro atoms. The molecule has 11 heteroatoms. The Kier molecular flexibility index (Phi) is 6.73. The summed E-state index contributed by atoms with van der Waals surface area (Å²) in [5, 5.41) is 16.3. The normalized spacial score (nSPS) is 13.5. The van der Waals surface area contributed by atoms with E-state index in [1.807, 2.05) is 0 Å². The Bertz CT molecular complexity index is 1170. The topological polar surface area (TPSA) is 89.3 Å². The lowest BCUT2D eigenvalue weighted by Gasteiger charge is -2.20. The van der Waals surface area contributed by atoms with Crippen molar-refractivity contribution in [2.75, 3.05) is 5.32 Å². The molecular weight excluding hydrogens is 444 g/mol. The van der Waals surface area contributed by atoms with E-state index >= 15 is 0 Å². The van der Waals surface area contributed by atoms with Crippen LogP contribution in [0.2, 0.25) is 0 Å². The third kappa shape index (κ3) is 5.30. The van der Waals surface area contributed by atoms with Gasteiger partial charge in [0.05, 0.1) is 11.1 Å². The van der Waals surface area contributed by atoms with Gasteiger partial charge in [-0.3, -0.25) is 9.48 Å². The molecule has 0 aliphatic rings. The van der Waals surface area contributed by atoms with Crippen LogP contribution in [0.3, 0.4) is 0 Å². The molecule has 0 aliphatic heterocycles. The maximum atomic E-state index is 15.0. The first-order chi connectivity index (χ1) is 15.4. The second-order valence-corrected chi connectivity index (χ2v) is 7.49. The number of benzene rings is 2. The highest BCUT2D eigenvalue weighted by Crippen LogP contribution is 2.33. The largest absolute Gasteiger partial charge is 0.480 e. The highest BCUT2D eigenvalue weighted by atomic mass is 19.4. The third-order valence-corrected chi connectivity index (χ3v) is 4.88. The molecule has 0 radical (unpaired) electrons. The molecule has 0 saturated heterocycles. The summed E-state index contributed by atoms with van der Waals surface area (Å²) in [4.78, 5) is 16.9. The van der Waals surface area contributed by atoms with Crippen LogP contribution >= 0.6 is 0 Å². The number of carbonyl (C=O) groups is 1. The SMILES string of the molecule is Cc1ccccc1NC(=O)c1cc(F)c(-c2nc(C(C)O)n(C)n2)cc1O[C@@H](C)C(F)(F)F. The van der Waals surface area contributed by atoms with Gasteiger partial charge in [-0.2, -0.15) is 18.3 Å². The van der Waals surface area contributed by atoms with Crippen molar-refractivity contribution in [3.8, 4) is 17.1 Å². The number of carbonyl (C=O) groups excluding carboxylic acids is 1. The number of aliphatic hydroxyl groups excluding tert-OH is 1. The summed E-state index contributed by atoms with van der Waals surface area (Å²) in [5.74, 6) is -2.34. The van der Waals surface area contributed by atoms with Gasteiger partial charge in [0.15, 0.2) is 17.8 Å². The molecule has 2 atom stereocenters. The van der Waals surface area contributed by atoms with E-state index in [2.05, 4.69) is 15.4 Å². The fourth-order valence-electron chi connectivity index (χ4n) is 3.03. The Labute approximate surface area is 187 Å². The van der Waals surface area contributed by atoms with Crippen molar-refractivity contribution in [1.29, 1.82) is 0 Å². The molecule has 1 aromatic heterocycles. The zero-order valence-corrected chi connectivity index (χ0v) is 18.2. The molecule has 3 rings (SSSR count). The average molecular weight is 466 g/mol. The minimum Gasteiger partial charge on any atom is -0.480 e. The molecule has 0 aliphatic carbocycles. The number of nitrogens with zero attached hydrogens (tertiary/aromatic N) is 3. The van der Waals surface area contributed by atoms with Crippen molar-refractivity contribution in [1.82, 2.24) is 14.8 Å². The van der Waals surface area contributed by atoms with Gasteiger partial charge in [-0.05, 0) is 44.5 Å². The summed E-state index contributed by atoms with van der Waals surface area (Å²) in [5.41, 5.74) is 0.406. The summed E-state index contributed by atoms with van der Waals surface area (Å²) >= 11 is 0.